The van der Waals surface area contributed by atoms with E-state index in [2.05, 4.69) is 15.0 Å². The normalized spacial score (nSPS) is 11.5. The van der Waals surface area contributed by atoms with E-state index < -0.39 is 10.0 Å². The average Bonchev–Trinajstić information content (AvgIpc) is 3.48. The Morgan fingerprint density at radius 2 is 2.03 bits per heavy atom. The largest absolute Gasteiger partial charge is 0.468 e. The van der Waals surface area contributed by atoms with Crippen molar-refractivity contribution in [2.45, 2.75) is 18.4 Å². The number of carbonyl (C=O) groups is 1. The predicted octanol–water partition coefficient (Wildman–Crippen LogP) is 4.50. The van der Waals surface area contributed by atoms with Gasteiger partial charge in [-0.3, -0.25) is 4.79 Å². The zero-order chi connectivity index (χ0) is 21.1. The summed E-state index contributed by atoms with van der Waals surface area (Å²) in [6, 6.07) is 13.3. The number of rotatable bonds is 7. The third-order valence-electron chi connectivity index (χ3n) is 4.15. The molecule has 0 saturated heterocycles. The van der Waals surface area contributed by atoms with Crippen molar-refractivity contribution in [2.75, 3.05) is 5.32 Å². The second-order valence-corrected chi connectivity index (χ2v) is 10.0. The van der Waals surface area contributed by atoms with Gasteiger partial charge in [0.15, 0.2) is 0 Å². The highest BCUT2D eigenvalue weighted by Crippen LogP contribution is 2.31. The van der Waals surface area contributed by atoms with E-state index in [1.54, 1.807) is 42.5 Å². The highest BCUT2D eigenvalue weighted by molar-refractivity contribution is 7.89. The molecule has 1 aromatic carbocycles. The molecular formula is C20H17N3O4S3. The summed E-state index contributed by atoms with van der Waals surface area (Å²) in [5, 5.41) is 5.50. The van der Waals surface area contributed by atoms with Crippen molar-refractivity contribution in [1.82, 2.24) is 9.71 Å². The van der Waals surface area contributed by atoms with Crippen LogP contribution in [-0.4, -0.2) is 19.3 Å². The Labute approximate surface area is 181 Å². The topological polar surface area (TPSA) is 101 Å². The molecule has 0 saturated carbocycles. The summed E-state index contributed by atoms with van der Waals surface area (Å²) in [6.07, 6.45) is 1.48. The SMILES string of the molecule is Cc1nc(-c2cccs2)sc1C(=O)Nc1cccc(S(=O)(=O)NCc2ccco2)c1. The van der Waals surface area contributed by atoms with Crippen LogP contribution in [-0.2, 0) is 16.6 Å². The molecule has 10 heteroatoms. The molecule has 0 radical (unpaired) electrons. The van der Waals surface area contributed by atoms with E-state index in [1.807, 2.05) is 17.5 Å². The summed E-state index contributed by atoms with van der Waals surface area (Å²) in [5.41, 5.74) is 1.01. The van der Waals surface area contributed by atoms with Crippen molar-refractivity contribution >= 4 is 44.3 Å². The molecule has 0 bridgehead atoms. The zero-order valence-corrected chi connectivity index (χ0v) is 18.2. The fourth-order valence-electron chi connectivity index (χ4n) is 2.70. The Bertz CT molecular complexity index is 1260. The number of furan rings is 1. The number of thiophene rings is 1. The number of benzene rings is 1. The summed E-state index contributed by atoms with van der Waals surface area (Å²) < 4.78 is 32.7. The molecule has 0 fully saturated rings. The summed E-state index contributed by atoms with van der Waals surface area (Å²) in [6.45, 7) is 1.82. The summed E-state index contributed by atoms with van der Waals surface area (Å²) >= 11 is 2.87. The molecule has 0 aliphatic rings. The molecule has 3 heterocycles. The van der Waals surface area contributed by atoms with Crippen molar-refractivity contribution < 1.29 is 17.6 Å². The Balaban J connectivity index is 1.50. The van der Waals surface area contributed by atoms with Crippen LogP contribution in [0.4, 0.5) is 5.69 Å². The molecule has 154 valence electrons. The molecular weight excluding hydrogens is 442 g/mol. The van der Waals surface area contributed by atoms with E-state index in [0.717, 1.165) is 9.88 Å². The molecule has 1 amide bonds. The lowest BCUT2D eigenvalue weighted by atomic mass is 10.3. The van der Waals surface area contributed by atoms with E-state index in [-0.39, 0.29) is 17.3 Å². The van der Waals surface area contributed by atoms with E-state index in [1.165, 1.54) is 29.7 Å². The van der Waals surface area contributed by atoms with E-state index in [0.29, 0.717) is 22.0 Å². The van der Waals surface area contributed by atoms with E-state index in [9.17, 15) is 13.2 Å². The van der Waals surface area contributed by atoms with Gasteiger partial charge in [-0.2, -0.15) is 0 Å². The standard InChI is InChI=1S/C20H17N3O4S3/c1-13-18(29-20(22-13)17-8-4-10-28-17)19(24)23-14-5-2-7-16(11-14)30(25,26)21-12-15-6-3-9-27-15/h2-11,21H,12H2,1H3,(H,23,24). The number of nitrogens with zero attached hydrogens (tertiary/aromatic N) is 1. The lowest BCUT2D eigenvalue weighted by Gasteiger charge is -2.08. The number of carbonyl (C=O) groups excluding carboxylic acids is 1. The molecule has 0 unspecified atom stereocenters. The maximum absolute atomic E-state index is 12.7. The number of thiazole rings is 1. The van der Waals surface area contributed by atoms with Gasteiger partial charge in [-0.25, -0.2) is 18.1 Å². The van der Waals surface area contributed by atoms with Gasteiger partial charge in [-0.05, 0) is 48.7 Å². The fraction of sp³-hybridized carbons (Fsp3) is 0.100. The average molecular weight is 460 g/mol. The molecule has 0 aliphatic heterocycles. The summed E-state index contributed by atoms with van der Waals surface area (Å²) in [5.74, 6) is 0.177. The van der Waals surface area contributed by atoms with Crippen molar-refractivity contribution in [3.05, 3.63) is 76.5 Å². The number of aromatic nitrogens is 1. The molecule has 4 rings (SSSR count). The molecule has 7 nitrogen and oxygen atoms in total. The molecule has 3 aromatic heterocycles. The summed E-state index contributed by atoms with van der Waals surface area (Å²) in [4.78, 5) is 18.8. The number of hydrogen-bond donors (Lipinski definition) is 2. The second-order valence-electron chi connectivity index (χ2n) is 6.30. The smallest absolute Gasteiger partial charge is 0.267 e. The minimum absolute atomic E-state index is 0.0392. The second kappa shape index (κ2) is 8.52. The van der Waals surface area contributed by atoms with Crippen LogP contribution in [0.2, 0.25) is 0 Å². The minimum atomic E-state index is -3.76. The minimum Gasteiger partial charge on any atom is -0.468 e. The third-order valence-corrected chi connectivity index (χ3v) is 7.75. The number of aryl methyl sites for hydroxylation is 1. The number of hydrogen-bond acceptors (Lipinski definition) is 7. The first kappa shape index (κ1) is 20.5. The molecule has 0 aliphatic carbocycles. The first-order chi connectivity index (χ1) is 14.4. The molecule has 4 aromatic rings. The highest BCUT2D eigenvalue weighted by Gasteiger charge is 2.19. The highest BCUT2D eigenvalue weighted by atomic mass is 32.2. The third kappa shape index (κ3) is 4.51. The first-order valence-corrected chi connectivity index (χ1v) is 12.0. The van der Waals surface area contributed by atoms with Crippen LogP contribution < -0.4 is 10.0 Å². The summed E-state index contributed by atoms with van der Waals surface area (Å²) in [7, 11) is -3.76. The zero-order valence-electron chi connectivity index (χ0n) is 15.8. The van der Waals surface area contributed by atoms with E-state index in [4.69, 9.17) is 4.42 Å². The van der Waals surface area contributed by atoms with Gasteiger partial charge < -0.3 is 9.73 Å². The van der Waals surface area contributed by atoms with Crippen LogP contribution in [0.5, 0.6) is 0 Å². The van der Waals surface area contributed by atoms with Crippen LogP contribution in [0, 0.1) is 6.92 Å². The molecule has 30 heavy (non-hydrogen) atoms. The van der Waals surface area contributed by atoms with Crippen molar-refractivity contribution in [3.8, 4) is 9.88 Å². The van der Waals surface area contributed by atoms with Crippen molar-refractivity contribution in [2.24, 2.45) is 0 Å². The van der Waals surface area contributed by atoms with Crippen molar-refractivity contribution in [1.29, 1.82) is 0 Å². The number of amides is 1. The number of anilines is 1. The Morgan fingerprint density at radius 3 is 2.77 bits per heavy atom. The van der Waals surface area contributed by atoms with E-state index >= 15 is 0 Å². The first-order valence-electron chi connectivity index (χ1n) is 8.87. The maximum Gasteiger partial charge on any atom is 0.267 e. The van der Waals surface area contributed by atoms with Crippen LogP contribution in [0.1, 0.15) is 21.1 Å². The Kier molecular flexibility index (Phi) is 5.82. The van der Waals surface area contributed by atoms with Crippen molar-refractivity contribution in [3.63, 3.8) is 0 Å². The molecule has 0 spiro atoms. The Hall–Kier alpha value is -2.79. The number of nitrogens with one attached hydrogen (secondary N) is 2. The van der Waals surface area contributed by atoms with Gasteiger partial charge >= 0.3 is 0 Å². The van der Waals surface area contributed by atoms with Crippen LogP contribution in [0.15, 0.2) is 69.5 Å². The van der Waals surface area contributed by atoms with Crippen LogP contribution in [0.25, 0.3) is 9.88 Å². The van der Waals surface area contributed by atoms with Gasteiger partial charge in [0, 0.05) is 5.69 Å². The van der Waals surface area contributed by atoms with Gasteiger partial charge in [0.05, 0.1) is 28.3 Å². The molecule has 2 N–H and O–H groups in total. The number of sulfonamides is 1. The lowest BCUT2D eigenvalue weighted by molar-refractivity contribution is 0.102. The fourth-order valence-corrected chi connectivity index (χ4v) is 5.50. The predicted molar refractivity (Wildman–Crippen MR) is 117 cm³/mol. The molecule has 0 atom stereocenters. The lowest BCUT2D eigenvalue weighted by Crippen LogP contribution is -2.23. The maximum atomic E-state index is 12.7. The van der Waals surface area contributed by atoms with Gasteiger partial charge in [-0.15, -0.1) is 22.7 Å². The van der Waals surface area contributed by atoms with Crippen LogP contribution >= 0.6 is 22.7 Å². The van der Waals surface area contributed by atoms with Gasteiger partial charge in [0.25, 0.3) is 5.91 Å². The van der Waals surface area contributed by atoms with Gasteiger partial charge in [0.2, 0.25) is 10.0 Å². The van der Waals surface area contributed by atoms with Gasteiger partial charge in [0.1, 0.15) is 15.6 Å². The monoisotopic (exact) mass is 459 g/mol. The Morgan fingerprint density at radius 1 is 1.17 bits per heavy atom. The quantitative estimate of drug-likeness (QED) is 0.424. The van der Waals surface area contributed by atoms with Crippen LogP contribution in [0.3, 0.4) is 0 Å². The van der Waals surface area contributed by atoms with Gasteiger partial charge in [-0.1, -0.05) is 12.1 Å².